The molecule has 0 saturated carbocycles. The van der Waals surface area contributed by atoms with Crippen LogP contribution in [0.5, 0.6) is 0 Å². The fourth-order valence-corrected chi connectivity index (χ4v) is 0.729. The van der Waals surface area contributed by atoms with Crippen molar-refractivity contribution < 1.29 is 18.9 Å². The van der Waals surface area contributed by atoms with Crippen molar-refractivity contribution in [2.45, 2.75) is 39.5 Å². The minimum absolute atomic E-state index is 0. The van der Waals surface area contributed by atoms with Crippen LogP contribution in [0, 0.1) is 12.8 Å². The van der Waals surface area contributed by atoms with E-state index in [9.17, 15) is 0 Å². The first-order chi connectivity index (χ1) is 3.77. The smallest absolute Gasteiger partial charge is 0.343 e. The van der Waals surface area contributed by atoms with Gasteiger partial charge in [-0.05, 0) is 5.92 Å². The van der Waals surface area contributed by atoms with Crippen LogP contribution >= 0.6 is 0 Å². The second-order valence-electron chi connectivity index (χ2n) is 2.74. The Kier molecular flexibility index (Phi) is 11.7. The Morgan fingerprint density at radius 3 is 2.11 bits per heavy atom. The number of hydrogen-bond donors (Lipinski definition) is 0. The van der Waals surface area contributed by atoms with Crippen LogP contribution in [0.15, 0.2) is 0 Å². The van der Waals surface area contributed by atoms with Gasteiger partial charge in [0.15, 0.2) is 0 Å². The first-order valence-corrected chi connectivity index (χ1v) is 3.56. The van der Waals surface area contributed by atoms with Crippen molar-refractivity contribution in [2.24, 2.45) is 5.92 Å². The molecule has 1 heteroatoms. The van der Waals surface area contributed by atoms with Gasteiger partial charge in [-0.1, -0.05) is 33.1 Å². The van der Waals surface area contributed by atoms with Crippen molar-refractivity contribution >= 4 is 0 Å². The second kappa shape index (κ2) is 8.60. The Hall–Kier alpha value is 0.597. The standard InChI is InChI=1S/C8H17.Li/c1-4-5-6-7-8(2)3;/h8H,1,4-7H2,2-3H3;/q-1;+1. The van der Waals surface area contributed by atoms with Gasteiger partial charge in [-0.3, -0.25) is 0 Å². The van der Waals surface area contributed by atoms with E-state index in [0.717, 1.165) is 12.3 Å². The van der Waals surface area contributed by atoms with E-state index in [2.05, 4.69) is 20.8 Å². The molecule has 0 nitrogen and oxygen atoms in total. The van der Waals surface area contributed by atoms with Gasteiger partial charge in [0.2, 0.25) is 0 Å². The molecule has 50 valence electrons. The van der Waals surface area contributed by atoms with E-state index in [1.165, 1.54) is 19.3 Å². The van der Waals surface area contributed by atoms with Crippen molar-refractivity contribution in [1.82, 2.24) is 0 Å². The predicted molar refractivity (Wildman–Crippen MR) is 38.7 cm³/mol. The molecule has 0 aromatic carbocycles. The fourth-order valence-electron chi connectivity index (χ4n) is 0.729. The molecule has 0 fully saturated rings. The maximum atomic E-state index is 3.78. The summed E-state index contributed by atoms with van der Waals surface area (Å²) in [5.41, 5.74) is 0. The van der Waals surface area contributed by atoms with Gasteiger partial charge in [-0.25, -0.2) is 0 Å². The zero-order chi connectivity index (χ0) is 6.41. The Morgan fingerprint density at radius 2 is 1.78 bits per heavy atom. The summed E-state index contributed by atoms with van der Waals surface area (Å²) >= 11 is 0. The summed E-state index contributed by atoms with van der Waals surface area (Å²) in [6.07, 6.45) is 5.14. The van der Waals surface area contributed by atoms with E-state index < -0.39 is 0 Å². The van der Waals surface area contributed by atoms with Gasteiger partial charge >= 0.3 is 18.9 Å². The molecule has 0 atom stereocenters. The van der Waals surface area contributed by atoms with Crippen LogP contribution in [-0.4, -0.2) is 0 Å². The van der Waals surface area contributed by atoms with E-state index in [1.807, 2.05) is 0 Å². The van der Waals surface area contributed by atoms with Gasteiger partial charge in [-0.2, -0.15) is 6.42 Å². The first kappa shape index (κ1) is 12.3. The van der Waals surface area contributed by atoms with Gasteiger partial charge < -0.3 is 6.92 Å². The van der Waals surface area contributed by atoms with Crippen LogP contribution in [0.25, 0.3) is 0 Å². The molecule has 0 spiro atoms. The molecule has 0 aliphatic heterocycles. The van der Waals surface area contributed by atoms with Crippen LogP contribution in [0.3, 0.4) is 0 Å². The molecule has 0 N–H and O–H groups in total. The molecule has 0 aromatic rings. The summed E-state index contributed by atoms with van der Waals surface area (Å²) in [6.45, 7) is 8.32. The summed E-state index contributed by atoms with van der Waals surface area (Å²) in [4.78, 5) is 0. The largest absolute Gasteiger partial charge is 1.00 e. The molecule has 0 unspecified atom stereocenters. The Morgan fingerprint density at radius 1 is 1.22 bits per heavy atom. The molecule has 0 bridgehead atoms. The minimum Gasteiger partial charge on any atom is -0.343 e. The Labute approximate surface area is 71.6 Å². The van der Waals surface area contributed by atoms with Gasteiger partial charge in [-0.15, -0.1) is 0 Å². The minimum atomic E-state index is 0. The molecule has 0 radical (unpaired) electrons. The maximum absolute atomic E-state index is 3.78. The van der Waals surface area contributed by atoms with Gasteiger partial charge in [0.05, 0.1) is 0 Å². The number of rotatable bonds is 4. The van der Waals surface area contributed by atoms with Crippen molar-refractivity contribution in [2.75, 3.05) is 0 Å². The number of hydrogen-bond acceptors (Lipinski definition) is 0. The predicted octanol–water partition coefficient (Wildman–Crippen LogP) is 0.0409. The van der Waals surface area contributed by atoms with Crippen molar-refractivity contribution in [1.29, 1.82) is 0 Å². The van der Waals surface area contributed by atoms with Crippen molar-refractivity contribution in [3.63, 3.8) is 0 Å². The summed E-state index contributed by atoms with van der Waals surface area (Å²) < 4.78 is 0. The van der Waals surface area contributed by atoms with Gasteiger partial charge in [0, 0.05) is 0 Å². The zero-order valence-electron chi connectivity index (χ0n) is 7.11. The molecule has 0 aliphatic rings. The van der Waals surface area contributed by atoms with Crippen molar-refractivity contribution in [3.05, 3.63) is 6.92 Å². The van der Waals surface area contributed by atoms with E-state index in [-0.39, 0.29) is 18.9 Å². The average Bonchev–Trinajstić information content (AvgIpc) is 1.66. The van der Waals surface area contributed by atoms with E-state index in [4.69, 9.17) is 0 Å². The third kappa shape index (κ3) is 11.9. The van der Waals surface area contributed by atoms with Crippen LogP contribution in [-0.2, 0) is 0 Å². The van der Waals surface area contributed by atoms with Crippen LogP contribution in [0.2, 0.25) is 0 Å². The monoisotopic (exact) mass is 120 g/mol. The molecule has 0 amide bonds. The summed E-state index contributed by atoms with van der Waals surface area (Å²) in [5, 5.41) is 0. The van der Waals surface area contributed by atoms with Crippen LogP contribution in [0.4, 0.5) is 0 Å². The van der Waals surface area contributed by atoms with Crippen molar-refractivity contribution in [3.8, 4) is 0 Å². The van der Waals surface area contributed by atoms with E-state index in [1.54, 1.807) is 0 Å². The quantitative estimate of drug-likeness (QED) is 0.279. The van der Waals surface area contributed by atoms with E-state index >= 15 is 0 Å². The molecule has 0 saturated heterocycles. The SMILES string of the molecule is [CH2-]CCCCC(C)C.[Li+]. The van der Waals surface area contributed by atoms with Crippen LogP contribution in [0.1, 0.15) is 39.5 Å². The topological polar surface area (TPSA) is 0 Å². The molecule has 0 aromatic heterocycles. The number of unbranched alkanes of at least 4 members (excludes halogenated alkanes) is 2. The van der Waals surface area contributed by atoms with Gasteiger partial charge in [0.25, 0.3) is 0 Å². The van der Waals surface area contributed by atoms with Crippen LogP contribution < -0.4 is 18.9 Å². The van der Waals surface area contributed by atoms with E-state index in [0.29, 0.717) is 0 Å². The molecule has 0 aliphatic carbocycles. The summed E-state index contributed by atoms with van der Waals surface area (Å²) in [7, 11) is 0. The summed E-state index contributed by atoms with van der Waals surface area (Å²) in [5.74, 6) is 0.876. The average molecular weight is 120 g/mol. The molecular formula is C8H17Li. The molecule has 9 heavy (non-hydrogen) atoms. The molecule has 0 heterocycles. The maximum Gasteiger partial charge on any atom is 1.00 e. The zero-order valence-corrected chi connectivity index (χ0v) is 7.11. The molecule has 0 rings (SSSR count). The third-order valence-corrected chi connectivity index (χ3v) is 1.28. The summed E-state index contributed by atoms with van der Waals surface area (Å²) in [6, 6.07) is 0. The Balaban J connectivity index is 0. The Bertz CT molecular complexity index is 41.8. The first-order valence-electron chi connectivity index (χ1n) is 3.56. The normalized spacial score (nSPS) is 9.33. The second-order valence-corrected chi connectivity index (χ2v) is 2.74. The van der Waals surface area contributed by atoms with Gasteiger partial charge in [0.1, 0.15) is 0 Å². The molecular weight excluding hydrogens is 103 g/mol. The third-order valence-electron chi connectivity index (χ3n) is 1.28. The fraction of sp³-hybridized carbons (Fsp3) is 0.875.